The summed E-state index contributed by atoms with van der Waals surface area (Å²) in [5, 5.41) is 2.92. The summed E-state index contributed by atoms with van der Waals surface area (Å²) in [5.41, 5.74) is 1.84. The summed E-state index contributed by atoms with van der Waals surface area (Å²) < 4.78 is 25.0. The number of para-hydroxylation sites is 1. The lowest BCUT2D eigenvalue weighted by atomic mass is 10.1. The standard InChI is InChI=1S/C23H21NO3S2/c1-2-16-28-22-11-7-6-10-21(22)24-23(25)19-14-12-18(13-15-19)17-29(26,27)20-8-4-3-5-9-20/h2-15H,1,16-17H2,(H,24,25). The lowest BCUT2D eigenvalue weighted by Gasteiger charge is -2.10. The van der Waals surface area contributed by atoms with Gasteiger partial charge in [0.05, 0.1) is 16.3 Å². The van der Waals surface area contributed by atoms with Gasteiger partial charge in [-0.1, -0.05) is 48.5 Å². The summed E-state index contributed by atoms with van der Waals surface area (Å²) in [6.45, 7) is 3.72. The molecule has 1 N–H and O–H groups in total. The summed E-state index contributed by atoms with van der Waals surface area (Å²) in [5.74, 6) is 0.395. The molecule has 0 aliphatic rings. The van der Waals surface area contributed by atoms with Crippen LogP contribution in [0.2, 0.25) is 0 Å². The largest absolute Gasteiger partial charge is 0.321 e. The molecule has 0 bridgehead atoms. The summed E-state index contributed by atoms with van der Waals surface area (Å²) in [6.07, 6.45) is 1.81. The third-order valence-corrected chi connectivity index (χ3v) is 6.94. The number of nitrogens with one attached hydrogen (secondary N) is 1. The molecule has 0 saturated carbocycles. The molecule has 0 aliphatic carbocycles. The molecule has 0 spiro atoms. The van der Waals surface area contributed by atoms with Crippen LogP contribution in [-0.4, -0.2) is 20.1 Å². The first-order valence-corrected chi connectivity index (χ1v) is 11.6. The molecule has 0 heterocycles. The second-order valence-electron chi connectivity index (χ2n) is 6.32. The lowest BCUT2D eigenvalue weighted by molar-refractivity contribution is 0.102. The topological polar surface area (TPSA) is 63.2 Å². The molecule has 0 unspecified atom stereocenters. The van der Waals surface area contributed by atoms with E-state index in [4.69, 9.17) is 0 Å². The number of amides is 1. The molecule has 0 saturated heterocycles. The minimum Gasteiger partial charge on any atom is -0.321 e. The summed E-state index contributed by atoms with van der Waals surface area (Å²) in [7, 11) is -3.42. The first kappa shape index (κ1) is 20.9. The van der Waals surface area contributed by atoms with Gasteiger partial charge in [0.2, 0.25) is 0 Å². The molecule has 0 atom stereocenters. The fourth-order valence-corrected chi connectivity index (χ4v) is 4.84. The molecule has 148 valence electrons. The number of hydrogen-bond acceptors (Lipinski definition) is 4. The van der Waals surface area contributed by atoms with Gasteiger partial charge in [-0.05, 0) is 42.0 Å². The minimum absolute atomic E-state index is 0.111. The van der Waals surface area contributed by atoms with Crippen molar-refractivity contribution in [2.45, 2.75) is 15.5 Å². The van der Waals surface area contributed by atoms with E-state index in [2.05, 4.69) is 11.9 Å². The highest BCUT2D eigenvalue weighted by Gasteiger charge is 2.15. The smallest absolute Gasteiger partial charge is 0.255 e. The Morgan fingerprint density at radius 1 is 0.931 bits per heavy atom. The van der Waals surface area contributed by atoms with E-state index >= 15 is 0 Å². The zero-order valence-electron chi connectivity index (χ0n) is 15.7. The number of thioether (sulfide) groups is 1. The van der Waals surface area contributed by atoms with Gasteiger partial charge >= 0.3 is 0 Å². The summed E-state index contributed by atoms with van der Waals surface area (Å²) in [4.78, 5) is 13.9. The van der Waals surface area contributed by atoms with E-state index in [9.17, 15) is 13.2 Å². The molecule has 0 aromatic heterocycles. The molecular weight excluding hydrogens is 402 g/mol. The second-order valence-corrected chi connectivity index (χ2v) is 9.37. The third-order valence-electron chi connectivity index (χ3n) is 4.17. The van der Waals surface area contributed by atoms with Gasteiger partial charge in [0.15, 0.2) is 9.84 Å². The maximum atomic E-state index is 12.6. The molecule has 0 fully saturated rings. The van der Waals surface area contributed by atoms with E-state index < -0.39 is 9.84 Å². The SMILES string of the molecule is C=CCSc1ccccc1NC(=O)c1ccc(CS(=O)(=O)c2ccccc2)cc1. The minimum atomic E-state index is -3.42. The number of sulfone groups is 1. The molecular formula is C23H21NO3S2. The predicted molar refractivity (Wildman–Crippen MR) is 119 cm³/mol. The van der Waals surface area contributed by atoms with Gasteiger partial charge in [-0.2, -0.15) is 0 Å². The van der Waals surface area contributed by atoms with Crippen LogP contribution in [0.15, 0.2) is 101 Å². The van der Waals surface area contributed by atoms with Crippen LogP contribution in [0, 0.1) is 0 Å². The van der Waals surface area contributed by atoms with Crippen molar-refractivity contribution in [1.82, 2.24) is 0 Å². The Morgan fingerprint density at radius 2 is 1.59 bits per heavy atom. The quantitative estimate of drug-likeness (QED) is 0.400. The molecule has 6 heteroatoms. The molecule has 3 rings (SSSR count). The van der Waals surface area contributed by atoms with Crippen LogP contribution in [0.1, 0.15) is 15.9 Å². The first-order chi connectivity index (χ1) is 14.0. The van der Waals surface area contributed by atoms with Gasteiger partial charge in [0.25, 0.3) is 5.91 Å². The zero-order valence-corrected chi connectivity index (χ0v) is 17.4. The Balaban J connectivity index is 1.71. The van der Waals surface area contributed by atoms with Crippen LogP contribution >= 0.6 is 11.8 Å². The van der Waals surface area contributed by atoms with Gasteiger partial charge < -0.3 is 5.32 Å². The van der Waals surface area contributed by atoms with Crippen LogP contribution in [0.25, 0.3) is 0 Å². The number of carbonyl (C=O) groups excluding carboxylic acids is 1. The van der Waals surface area contributed by atoms with Crippen molar-refractivity contribution in [3.63, 3.8) is 0 Å². The monoisotopic (exact) mass is 423 g/mol. The van der Waals surface area contributed by atoms with E-state index in [0.717, 1.165) is 16.3 Å². The van der Waals surface area contributed by atoms with Gasteiger partial charge in [-0.3, -0.25) is 4.79 Å². The normalized spacial score (nSPS) is 11.0. The van der Waals surface area contributed by atoms with E-state index in [1.807, 2.05) is 30.3 Å². The highest BCUT2D eigenvalue weighted by atomic mass is 32.2. The summed E-state index contributed by atoms with van der Waals surface area (Å²) >= 11 is 1.59. The Labute approximate surface area is 175 Å². The fourth-order valence-electron chi connectivity index (χ4n) is 2.72. The van der Waals surface area contributed by atoms with Crippen molar-refractivity contribution in [3.05, 3.63) is 103 Å². The predicted octanol–water partition coefficient (Wildman–Crippen LogP) is 5.19. The van der Waals surface area contributed by atoms with E-state index in [-0.39, 0.29) is 16.6 Å². The van der Waals surface area contributed by atoms with Crippen molar-refractivity contribution < 1.29 is 13.2 Å². The van der Waals surface area contributed by atoms with Crippen LogP contribution in [0.4, 0.5) is 5.69 Å². The van der Waals surface area contributed by atoms with Gasteiger partial charge in [0, 0.05) is 16.2 Å². The molecule has 3 aromatic rings. The highest BCUT2D eigenvalue weighted by molar-refractivity contribution is 7.99. The maximum Gasteiger partial charge on any atom is 0.255 e. The third kappa shape index (κ3) is 5.59. The molecule has 4 nitrogen and oxygen atoms in total. The van der Waals surface area contributed by atoms with Crippen molar-refractivity contribution in [1.29, 1.82) is 0 Å². The second kappa shape index (κ2) is 9.58. The van der Waals surface area contributed by atoms with Crippen molar-refractivity contribution in [2.24, 2.45) is 0 Å². The number of carbonyl (C=O) groups is 1. The van der Waals surface area contributed by atoms with Crippen LogP contribution < -0.4 is 5.32 Å². The van der Waals surface area contributed by atoms with E-state index in [1.54, 1.807) is 66.4 Å². The van der Waals surface area contributed by atoms with Crippen LogP contribution in [0.3, 0.4) is 0 Å². The first-order valence-electron chi connectivity index (χ1n) is 9.00. The van der Waals surface area contributed by atoms with Crippen molar-refractivity contribution in [2.75, 3.05) is 11.1 Å². The van der Waals surface area contributed by atoms with E-state index in [0.29, 0.717) is 11.1 Å². The Hall–Kier alpha value is -2.83. The number of rotatable bonds is 8. The molecule has 0 aliphatic heterocycles. The van der Waals surface area contributed by atoms with E-state index in [1.165, 1.54) is 0 Å². The number of hydrogen-bond donors (Lipinski definition) is 1. The Morgan fingerprint density at radius 3 is 2.28 bits per heavy atom. The van der Waals surface area contributed by atoms with Gasteiger partial charge in [-0.25, -0.2) is 8.42 Å². The molecule has 0 radical (unpaired) electrons. The number of benzene rings is 3. The van der Waals surface area contributed by atoms with Crippen molar-refractivity contribution in [3.8, 4) is 0 Å². The maximum absolute atomic E-state index is 12.6. The average Bonchev–Trinajstić information content (AvgIpc) is 2.74. The van der Waals surface area contributed by atoms with Gasteiger partial charge in [0.1, 0.15) is 0 Å². The van der Waals surface area contributed by atoms with Crippen molar-refractivity contribution >= 4 is 33.2 Å². The zero-order chi connectivity index (χ0) is 20.7. The Bertz CT molecular complexity index is 1090. The van der Waals surface area contributed by atoms with Crippen LogP contribution in [0.5, 0.6) is 0 Å². The highest BCUT2D eigenvalue weighted by Crippen LogP contribution is 2.27. The fraction of sp³-hybridized carbons (Fsp3) is 0.0870. The summed E-state index contributed by atoms with van der Waals surface area (Å²) in [6, 6.07) is 22.6. The lowest BCUT2D eigenvalue weighted by Crippen LogP contribution is -2.13. The number of anilines is 1. The average molecular weight is 424 g/mol. The van der Waals surface area contributed by atoms with Crippen LogP contribution in [-0.2, 0) is 15.6 Å². The molecule has 1 amide bonds. The molecule has 3 aromatic carbocycles. The van der Waals surface area contributed by atoms with Gasteiger partial charge in [-0.15, -0.1) is 18.3 Å². The Kier molecular flexibility index (Phi) is 6.90. The molecule has 29 heavy (non-hydrogen) atoms.